The van der Waals surface area contributed by atoms with Gasteiger partial charge in [-0.15, -0.1) is 0 Å². The molecule has 0 saturated carbocycles. The molecule has 6 heteroatoms. The van der Waals surface area contributed by atoms with E-state index in [1.807, 2.05) is 54.6 Å². The second kappa shape index (κ2) is 8.68. The summed E-state index contributed by atoms with van der Waals surface area (Å²) in [5.74, 6) is 0.479. The van der Waals surface area contributed by atoms with Gasteiger partial charge in [0.05, 0.1) is 13.7 Å². The van der Waals surface area contributed by atoms with E-state index in [0.29, 0.717) is 19.7 Å². The van der Waals surface area contributed by atoms with Crippen molar-refractivity contribution >= 4 is 17.5 Å². The normalized spacial score (nSPS) is 17.1. The van der Waals surface area contributed by atoms with Crippen LogP contribution >= 0.6 is 0 Å². The maximum atomic E-state index is 12.8. The van der Waals surface area contributed by atoms with Crippen LogP contribution in [0.2, 0.25) is 0 Å². The van der Waals surface area contributed by atoms with Gasteiger partial charge in [0.25, 0.3) is 0 Å². The summed E-state index contributed by atoms with van der Waals surface area (Å²) in [6, 6.07) is 16.5. The Hall–Kier alpha value is -2.86. The van der Waals surface area contributed by atoms with E-state index in [0.717, 1.165) is 17.0 Å². The third kappa shape index (κ3) is 4.46. The number of benzene rings is 2. The summed E-state index contributed by atoms with van der Waals surface area (Å²) in [7, 11) is 1.60. The van der Waals surface area contributed by atoms with Crippen molar-refractivity contribution in [2.75, 3.05) is 31.7 Å². The van der Waals surface area contributed by atoms with E-state index < -0.39 is 6.04 Å². The molecule has 27 heavy (non-hydrogen) atoms. The minimum atomic E-state index is -0.520. The Kier molecular flexibility index (Phi) is 6.08. The number of carbonyl (C=O) groups excluding carboxylic acids is 2. The van der Waals surface area contributed by atoms with Crippen LogP contribution < -0.4 is 9.64 Å². The fraction of sp³-hybridized carbons (Fsp3) is 0.333. The average molecular weight is 368 g/mol. The van der Waals surface area contributed by atoms with Crippen LogP contribution in [0.3, 0.4) is 0 Å². The van der Waals surface area contributed by atoms with E-state index in [4.69, 9.17) is 9.47 Å². The summed E-state index contributed by atoms with van der Waals surface area (Å²) in [6.45, 7) is 3.04. The van der Waals surface area contributed by atoms with Crippen molar-refractivity contribution in [2.24, 2.45) is 0 Å². The molecule has 0 spiro atoms. The molecule has 6 nitrogen and oxygen atoms in total. The Labute approximate surface area is 159 Å². The maximum absolute atomic E-state index is 12.8. The number of piperazine rings is 1. The quantitative estimate of drug-likeness (QED) is 0.786. The Bertz CT molecular complexity index is 777. The van der Waals surface area contributed by atoms with Crippen LogP contribution in [0.5, 0.6) is 5.75 Å². The largest absolute Gasteiger partial charge is 0.497 e. The first-order valence-electron chi connectivity index (χ1n) is 8.96. The predicted octanol–water partition coefficient (Wildman–Crippen LogP) is 2.48. The van der Waals surface area contributed by atoms with Gasteiger partial charge in [0, 0.05) is 18.8 Å². The van der Waals surface area contributed by atoms with Gasteiger partial charge < -0.3 is 19.3 Å². The van der Waals surface area contributed by atoms with Crippen LogP contribution in [0.4, 0.5) is 5.69 Å². The van der Waals surface area contributed by atoms with Crippen molar-refractivity contribution in [1.29, 1.82) is 0 Å². The van der Waals surface area contributed by atoms with Crippen LogP contribution in [-0.2, 0) is 20.9 Å². The number of nitrogens with zero attached hydrogens (tertiary/aromatic N) is 2. The number of methoxy groups -OCH3 is 1. The fourth-order valence-corrected chi connectivity index (χ4v) is 3.14. The van der Waals surface area contributed by atoms with E-state index >= 15 is 0 Å². The number of hydrogen-bond donors (Lipinski definition) is 0. The Morgan fingerprint density at radius 1 is 1.07 bits per heavy atom. The third-order valence-electron chi connectivity index (χ3n) is 4.70. The van der Waals surface area contributed by atoms with Gasteiger partial charge >= 0.3 is 0 Å². The van der Waals surface area contributed by atoms with Crippen molar-refractivity contribution in [3.8, 4) is 5.75 Å². The zero-order chi connectivity index (χ0) is 19.2. The molecule has 1 fully saturated rings. The molecule has 2 aromatic rings. The van der Waals surface area contributed by atoms with Gasteiger partial charge in [-0.05, 0) is 36.8 Å². The molecule has 0 aliphatic carbocycles. The molecule has 3 rings (SSSR count). The Balaban J connectivity index is 1.56. The molecular weight excluding hydrogens is 344 g/mol. The first-order valence-corrected chi connectivity index (χ1v) is 8.96. The molecule has 1 aliphatic rings. The van der Waals surface area contributed by atoms with Crippen LogP contribution in [0, 0.1) is 0 Å². The Morgan fingerprint density at radius 2 is 1.78 bits per heavy atom. The smallest absolute Gasteiger partial charge is 0.249 e. The SMILES string of the molecule is COc1ccc(N2CCN(C(=O)COCc3ccccc3)[C@@H](C)C2=O)cc1. The lowest BCUT2D eigenvalue weighted by Gasteiger charge is -2.39. The predicted molar refractivity (Wildman–Crippen MR) is 103 cm³/mol. The van der Waals surface area contributed by atoms with Crippen LogP contribution in [-0.4, -0.2) is 49.6 Å². The molecule has 1 saturated heterocycles. The summed E-state index contributed by atoms with van der Waals surface area (Å²) in [5, 5.41) is 0. The zero-order valence-corrected chi connectivity index (χ0v) is 15.6. The van der Waals surface area contributed by atoms with E-state index in [2.05, 4.69) is 0 Å². The molecule has 0 unspecified atom stereocenters. The molecule has 1 atom stereocenters. The van der Waals surface area contributed by atoms with E-state index in [9.17, 15) is 9.59 Å². The highest BCUT2D eigenvalue weighted by atomic mass is 16.5. The topological polar surface area (TPSA) is 59.1 Å². The van der Waals surface area contributed by atoms with E-state index in [1.54, 1.807) is 23.8 Å². The summed E-state index contributed by atoms with van der Waals surface area (Å²) in [5.41, 5.74) is 1.82. The van der Waals surface area contributed by atoms with E-state index in [-0.39, 0.29) is 18.4 Å². The minimum Gasteiger partial charge on any atom is -0.497 e. The van der Waals surface area contributed by atoms with Crippen LogP contribution in [0.1, 0.15) is 12.5 Å². The van der Waals surface area contributed by atoms with Gasteiger partial charge in [0.15, 0.2) is 0 Å². The fourth-order valence-electron chi connectivity index (χ4n) is 3.14. The number of ether oxygens (including phenoxy) is 2. The number of anilines is 1. The number of rotatable bonds is 6. The monoisotopic (exact) mass is 368 g/mol. The third-order valence-corrected chi connectivity index (χ3v) is 4.70. The first-order chi connectivity index (χ1) is 13.1. The lowest BCUT2D eigenvalue weighted by Crippen LogP contribution is -2.58. The molecule has 0 N–H and O–H groups in total. The molecule has 0 aromatic heterocycles. The molecular formula is C21H24N2O4. The zero-order valence-electron chi connectivity index (χ0n) is 15.6. The highest BCUT2D eigenvalue weighted by Crippen LogP contribution is 2.23. The van der Waals surface area contributed by atoms with Gasteiger partial charge in [-0.25, -0.2) is 0 Å². The molecule has 2 aromatic carbocycles. The second-order valence-corrected chi connectivity index (χ2v) is 6.43. The van der Waals surface area contributed by atoms with Crippen LogP contribution in [0.25, 0.3) is 0 Å². The van der Waals surface area contributed by atoms with Crippen molar-refractivity contribution in [3.63, 3.8) is 0 Å². The van der Waals surface area contributed by atoms with Gasteiger partial charge in [-0.3, -0.25) is 9.59 Å². The summed E-state index contributed by atoms with van der Waals surface area (Å²) in [4.78, 5) is 28.5. The molecule has 142 valence electrons. The van der Waals surface area contributed by atoms with Gasteiger partial charge in [0.1, 0.15) is 18.4 Å². The number of carbonyl (C=O) groups is 2. The van der Waals surface area contributed by atoms with Crippen molar-refractivity contribution in [3.05, 3.63) is 60.2 Å². The summed E-state index contributed by atoms with van der Waals surface area (Å²) in [6.07, 6.45) is 0. The lowest BCUT2D eigenvalue weighted by molar-refractivity contribution is -0.144. The minimum absolute atomic E-state index is 0.0327. The van der Waals surface area contributed by atoms with Crippen molar-refractivity contribution in [1.82, 2.24) is 4.90 Å². The second-order valence-electron chi connectivity index (χ2n) is 6.43. The maximum Gasteiger partial charge on any atom is 0.249 e. The van der Waals surface area contributed by atoms with Gasteiger partial charge in [-0.1, -0.05) is 30.3 Å². The van der Waals surface area contributed by atoms with Gasteiger partial charge in [-0.2, -0.15) is 0 Å². The molecule has 1 heterocycles. The van der Waals surface area contributed by atoms with Crippen LogP contribution in [0.15, 0.2) is 54.6 Å². The number of amides is 2. The number of hydrogen-bond acceptors (Lipinski definition) is 4. The summed E-state index contributed by atoms with van der Waals surface area (Å²) >= 11 is 0. The first kappa shape index (κ1) is 18.9. The molecule has 0 bridgehead atoms. The van der Waals surface area contributed by atoms with Crippen molar-refractivity contribution < 1.29 is 19.1 Å². The molecule has 0 radical (unpaired) electrons. The molecule has 2 amide bonds. The Morgan fingerprint density at radius 3 is 2.44 bits per heavy atom. The lowest BCUT2D eigenvalue weighted by atomic mass is 10.1. The molecule has 1 aliphatic heterocycles. The standard InChI is InChI=1S/C21H24N2O4/c1-16-21(25)23(18-8-10-19(26-2)11-9-18)13-12-22(16)20(24)15-27-14-17-6-4-3-5-7-17/h3-11,16H,12-15H2,1-2H3/t16-/m0/s1. The highest BCUT2D eigenvalue weighted by molar-refractivity contribution is 6.00. The summed E-state index contributed by atoms with van der Waals surface area (Å²) < 4.78 is 10.7. The average Bonchev–Trinajstić information content (AvgIpc) is 2.71. The van der Waals surface area contributed by atoms with Gasteiger partial charge in [0.2, 0.25) is 11.8 Å². The highest BCUT2D eigenvalue weighted by Gasteiger charge is 2.34. The van der Waals surface area contributed by atoms with Crippen molar-refractivity contribution in [2.45, 2.75) is 19.6 Å². The van der Waals surface area contributed by atoms with E-state index in [1.165, 1.54) is 0 Å².